The van der Waals surface area contributed by atoms with Gasteiger partial charge in [0.05, 0.1) is 17.3 Å². The van der Waals surface area contributed by atoms with Crippen molar-refractivity contribution in [3.63, 3.8) is 0 Å². The number of hydrogen-bond donors (Lipinski definition) is 1. The van der Waals surface area contributed by atoms with Gasteiger partial charge in [0.15, 0.2) is 0 Å². The predicted octanol–water partition coefficient (Wildman–Crippen LogP) is 2.45. The Morgan fingerprint density at radius 3 is 2.82 bits per heavy atom. The van der Waals surface area contributed by atoms with Gasteiger partial charge in [0.25, 0.3) is 0 Å². The molecule has 92 valence electrons. The van der Waals surface area contributed by atoms with E-state index in [0.717, 1.165) is 23.5 Å². The molecule has 1 aliphatic rings. The van der Waals surface area contributed by atoms with E-state index >= 15 is 0 Å². The van der Waals surface area contributed by atoms with Gasteiger partial charge in [0.2, 0.25) is 5.91 Å². The predicted molar refractivity (Wildman–Crippen MR) is 69.5 cm³/mol. The lowest BCUT2D eigenvalue weighted by Gasteiger charge is -2.13. The van der Waals surface area contributed by atoms with Gasteiger partial charge in [-0.25, -0.2) is 0 Å². The van der Waals surface area contributed by atoms with Crippen LogP contribution in [0.3, 0.4) is 0 Å². The van der Waals surface area contributed by atoms with Gasteiger partial charge >= 0.3 is 0 Å². The van der Waals surface area contributed by atoms with Crippen LogP contribution < -0.4 is 10.1 Å². The van der Waals surface area contributed by atoms with Crippen LogP contribution in [-0.4, -0.2) is 24.3 Å². The third-order valence-electron chi connectivity index (χ3n) is 2.67. The van der Waals surface area contributed by atoms with E-state index in [1.165, 1.54) is 11.8 Å². The van der Waals surface area contributed by atoms with Crippen molar-refractivity contribution < 1.29 is 9.53 Å². The van der Waals surface area contributed by atoms with Crippen LogP contribution in [0.25, 0.3) is 0 Å². The van der Waals surface area contributed by atoms with Crippen molar-refractivity contribution in [3.05, 3.63) is 24.3 Å². The molecule has 0 aromatic heterocycles. The Hall–Kier alpha value is -1.16. The molecule has 0 heterocycles. The van der Waals surface area contributed by atoms with E-state index in [4.69, 9.17) is 4.74 Å². The highest BCUT2D eigenvalue weighted by Gasteiger charge is 2.26. The standard InChI is InChI=1S/C13H17NO2S/c1-9(13(15)14-10-7-8-10)17-12-6-4-3-5-11(12)16-2/h3-6,9-10H,7-8H2,1-2H3,(H,14,15)/t9-/m0/s1. The molecule has 1 aromatic rings. The summed E-state index contributed by atoms with van der Waals surface area (Å²) in [6.45, 7) is 1.93. The van der Waals surface area contributed by atoms with E-state index < -0.39 is 0 Å². The van der Waals surface area contributed by atoms with Crippen molar-refractivity contribution in [1.29, 1.82) is 0 Å². The lowest BCUT2D eigenvalue weighted by Crippen LogP contribution is -2.32. The fraction of sp³-hybridized carbons (Fsp3) is 0.462. The maximum atomic E-state index is 11.8. The highest BCUT2D eigenvalue weighted by molar-refractivity contribution is 8.00. The summed E-state index contributed by atoms with van der Waals surface area (Å²) in [5, 5.41) is 2.92. The van der Waals surface area contributed by atoms with Crippen LogP contribution in [0.4, 0.5) is 0 Å². The monoisotopic (exact) mass is 251 g/mol. The summed E-state index contributed by atoms with van der Waals surface area (Å²) in [6, 6.07) is 8.19. The second-order valence-corrected chi connectivity index (χ2v) is 5.58. The van der Waals surface area contributed by atoms with E-state index in [2.05, 4.69) is 5.32 Å². The van der Waals surface area contributed by atoms with Gasteiger partial charge in [-0.1, -0.05) is 12.1 Å². The average molecular weight is 251 g/mol. The van der Waals surface area contributed by atoms with Crippen molar-refractivity contribution in [2.75, 3.05) is 7.11 Å². The first-order chi connectivity index (χ1) is 8.20. The van der Waals surface area contributed by atoms with Crippen molar-refractivity contribution in [1.82, 2.24) is 5.32 Å². The number of thioether (sulfide) groups is 1. The molecule has 4 heteroatoms. The first-order valence-corrected chi connectivity index (χ1v) is 6.68. The van der Waals surface area contributed by atoms with Gasteiger partial charge in [-0.05, 0) is 31.9 Å². The molecule has 1 saturated carbocycles. The normalized spacial score (nSPS) is 16.4. The maximum Gasteiger partial charge on any atom is 0.233 e. The smallest absolute Gasteiger partial charge is 0.233 e. The highest BCUT2D eigenvalue weighted by atomic mass is 32.2. The molecule has 0 saturated heterocycles. The lowest BCUT2D eigenvalue weighted by molar-refractivity contribution is -0.120. The quantitative estimate of drug-likeness (QED) is 0.817. The summed E-state index contributed by atoms with van der Waals surface area (Å²) in [5.41, 5.74) is 0. The van der Waals surface area contributed by atoms with Crippen molar-refractivity contribution in [2.24, 2.45) is 0 Å². The van der Waals surface area contributed by atoms with Gasteiger partial charge in [-0.15, -0.1) is 11.8 Å². The number of rotatable bonds is 5. The zero-order valence-electron chi connectivity index (χ0n) is 10.1. The van der Waals surface area contributed by atoms with E-state index in [9.17, 15) is 4.79 Å². The molecule has 1 fully saturated rings. The van der Waals surface area contributed by atoms with Crippen LogP contribution in [0.2, 0.25) is 0 Å². The minimum absolute atomic E-state index is 0.0908. The van der Waals surface area contributed by atoms with Crippen LogP contribution in [0.15, 0.2) is 29.2 Å². The number of amides is 1. The van der Waals surface area contributed by atoms with Crippen molar-refractivity contribution >= 4 is 17.7 Å². The van der Waals surface area contributed by atoms with E-state index in [1.54, 1.807) is 7.11 Å². The average Bonchev–Trinajstić information content (AvgIpc) is 3.13. The third-order valence-corrected chi connectivity index (χ3v) is 3.82. The molecule has 0 radical (unpaired) electrons. The van der Waals surface area contributed by atoms with Gasteiger partial charge in [0.1, 0.15) is 5.75 Å². The number of hydrogen-bond acceptors (Lipinski definition) is 3. The number of benzene rings is 1. The van der Waals surface area contributed by atoms with Crippen LogP contribution in [0, 0.1) is 0 Å². The van der Waals surface area contributed by atoms with Crippen molar-refractivity contribution in [3.8, 4) is 5.75 Å². The molecule has 0 bridgehead atoms. The molecular weight excluding hydrogens is 234 g/mol. The van der Waals surface area contributed by atoms with Gasteiger partial charge in [0, 0.05) is 6.04 Å². The van der Waals surface area contributed by atoms with E-state index in [-0.39, 0.29) is 11.2 Å². The molecule has 1 aromatic carbocycles. The molecule has 1 atom stereocenters. The molecule has 0 spiro atoms. The zero-order valence-corrected chi connectivity index (χ0v) is 10.9. The number of carbonyl (C=O) groups excluding carboxylic acids is 1. The van der Waals surface area contributed by atoms with Crippen LogP contribution in [-0.2, 0) is 4.79 Å². The summed E-state index contributed by atoms with van der Waals surface area (Å²) in [6.07, 6.45) is 2.25. The van der Waals surface area contributed by atoms with Gasteiger partial charge < -0.3 is 10.1 Å². The minimum atomic E-state index is -0.0908. The number of methoxy groups -OCH3 is 1. The first-order valence-electron chi connectivity index (χ1n) is 5.80. The number of ether oxygens (including phenoxy) is 1. The third kappa shape index (κ3) is 3.40. The van der Waals surface area contributed by atoms with Gasteiger partial charge in [-0.2, -0.15) is 0 Å². The molecule has 0 aliphatic heterocycles. The van der Waals surface area contributed by atoms with Crippen LogP contribution in [0.1, 0.15) is 19.8 Å². The molecule has 2 rings (SSSR count). The van der Waals surface area contributed by atoms with Crippen LogP contribution in [0.5, 0.6) is 5.75 Å². The lowest BCUT2D eigenvalue weighted by atomic mass is 10.3. The number of para-hydroxylation sites is 1. The Labute approximate surface area is 106 Å². The summed E-state index contributed by atoms with van der Waals surface area (Å²) >= 11 is 1.54. The Morgan fingerprint density at radius 2 is 2.18 bits per heavy atom. The fourth-order valence-electron chi connectivity index (χ4n) is 1.51. The number of carbonyl (C=O) groups is 1. The first kappa shape index (κ1) is 12.3. The van der Waals surface area contributed by atoms with Gasteiger partial charge in [-0.3, -0.25) is 4.79 Å². The second kappa shape index (κ2) is 5.45. The SMILES string of the molecule is COc1ccccc1S[C@@H](C)C(=O)NC1CC1. The molecule has 1 amide bonds. The number of nitrogens with one attached hydrogen (secondary N) is 1. The maximum absolute atomic E-state index is 11.8. The highest BCUT2D eigenvalue weighted by Crippen LogP contribution is 2.32. The zero-order chi connectivity index (χ0) is 12.3. The summed E-state index contributed by atoms with van der Waals surface area (Å²) in [5.74, 6) is 0.937. The fourth-order valence-corrected chi connectivity index (χ4v) is 2.49. The second-order valence-electron chi connectivity index (χ2n) is 4.19. The Balaban J connectivity index is 1.96. The molecule has 17 heavy (non-hydrogen) atoms. The molecule has 1 aliphatic carbocycles. The molecule has 1 N–H and O–H groups in total. The van der Waals surface area contributed by atoms with E-state index in [1.807, 2.05) is 31.2 Å². The molecule has 0 unspecified atom stereocenters. The van der Waals surface area contributed by atoms with Crippen molar-refractivity contribution in [2.45, 2.75) is 36.0 Å². The Morgan fingerprint density at radius 1 is 1.47 bits per heavy atom. The molecular formula is C13H17NO2S. The van der Waals surface area contributed by atoms with Crippen LogP contribution >= 0.6 is 11.8 Å². The minimum Gasteiger partial charge on any atom is -0.496 e. The Kier molecular flexibility index (Phi) is 3.94. The summed E-state index contributed by atoms with van der Waals surface area (Å²) in [4.78, 5) is 12.8. The topological polar surface area (TPSA) is 38.3 Å². The summed E-state index contributed by atoms with van der Waals surface area (Å²) < 4.78 is 5.27. The van der Waals surface area contributed by atoms with E-state index in [0.29, 0.717) is 6.04 Å². The largest absolute Gasteiger partial charge is 0.496 e. The summed E-state index contributed by atoms with van der Waals surface area (Å²) in [7, 11) is 1.65. The molecule has 3 nitrogen and oxygen atoms in total. The Bertz CT molecular complexity index is 404.